The van der Waals surface area contributed by atoms with Gasteiger partial charge >= 0.3 is 0 Å². The van der Waals surface area contributed by atoms with Gasteiger partial charge in [0.1, 0.15) is 0 Å². The lowest BCUT2D eigenvalue weighted by Gasteiger charge is -1.84. The zero-order valence-corrected chi connectivity index (χ0v) is 7.61. The predicted octanol–water partition coefficient (Wildman–Crippen LogP) is 1.85. The van der Waals surface area contributed by atoms with Crippen molar-refractivity contribution in [1.82, 2.24) is 4.98 Å². The third-order valence-electron chi connectivity index (χ3n) is 1.33. The first-order valence-corrected chi connectivity index (χ1v) is 4.67. The van der Waals surface area contributed by atoms with Crippen molar-refractivity contribution in [2.24, 2.45) is 0 Å². The molecule has 1 atom stereocenters. The SMILES string of the molecule is Brc1cnc(CC2CO2)s1. The molecule has 0 aliphatic carbocycles. The van der Waals surface area contributed by atoms with Crippen molar-refractivity contribution in [3.8, 4) is 0 Å². The lowest BCUT2D eigenvalue weighted by atomic mass is 10.3. The molecule has 10 heavy (non-hydrogen) atoms. The minimum atomic E-state index is 0.457. The molecule has 54 valence electrons. The average Bonchev–Trinajstić information content (AvgIpc) is 2.59. The fourth-order valence-electron chi connectivity index (χ4n) is 0.763. The van der Waals surface area contributed by atoms with E-state index < -0.39 is 0 Å². The lowest BCUT2D eigenvalue weighted by molar-refractivity contribution is 0.407. The predicted molar refractivity (Wildman–Crippen MR) is 43.3 cm³/mol. The molecule has 1 aromatic rings. The van der Waals surface area contributed by atoms with Gasteiger partial charge in [0, 0.05) is 6.42 Å². The molecule has 1 fully saturated rings. The third-order valence-corrected chi connectivity index (χ3v) is 2.83. The Labute approximate surface area is 71.4 Å². The molecule has 0 radical (unpaired) electrons. The molecule has 0 amide bonds. The van der Waals surface area contributed by atoms with E-state index in [1.54, 1.807) is 11.3 Å². The van der Waals surface area contributed by atoms with Gasteiger partial charge in [-0.25, -0.2) is 4.98 Å². The molecule has 0 saturated carbocycles. The first-order chi connectivity index (χ1) is 4.84. The summed E-state index contributed by atoms with van der Waals surface area (Å²) in [6, 6.07) is 0. The molecule has 0 N–H and O–H groups in total. The molecule has 1 aromatic heterocycles. The summed E-state index contributed by atoms with van der Waals surface area (Å²) in [5, 5.41) is 1.16. The van der Waals surface area contributed by atoms with Crippen LogP contribution in [-0.2, 0) is 11.2 Å². The summed E-state index contributed by atoms with van der Waals surface area (Å²) in [5.41, 5.74) is 0. The van der Waals surface area contributed by atoms with Crippen LogP contribution in [0.2, 0.25) is 0 Å². The summed E-state index contributed by atoms with van der Waals surface area (Å²) in [4.78, 5) is 4.19. The van der Waals surface area contributed by atoms with Gasteiger partial charge in [0.25, 0.3) is 0 Å². The summed E-state index contributed by atoms with van der Waals surface area (Å²) >= 11 is 5.04. The maximum Gasteiger partial charge on any atom is 0.0963 e. The van der Waals surface area contributed by atoms with Crippen LogP contribution < -0.4 is 0 Å². The van der Waals surface area contributed by atoms with Crippen LogP contribution in [0.5, 0.6) is 0 Å². The Morgan fingerprint density at radius 2 is 2.70 bits per heavy atom. The van der Waals surface area contributed by atoms with E-state index in [1.807, 2.05) is 6.20 Å². The van der Waals surface area contributed by atoms with Crippen molar-refractivity contribution in [3.63, 3.8) is 0 Å². The van der Waals surface area contributed by atoms with Gasteiger partial charge in [-0.2, -0.15) is 0 Å². The minimum Gasteiger partial charge on any atom is -0.373 e. The van der Waals surface area contributed by atoms with Crippen LogP contribution in [0.3, 0.4) is 0 Å². The van der Waals surface area contributed by atoms with E-state index in [1.165, 1.54) is 0 Å². The summed E-state index contributed by atoms with van der Waals surface area (Å²) in [7, 11) is 0. The molecule has 2 heterocycles. The third kappa shape index (κ3) is 1.56. The Kier molecular flexibility index (Phi) is 1.76. The second kappa shape index (κ2) is 2.60. The van der Waals surface area contributed by atoms with Gasteiger partial charge in [-0.3, -0.25) is 0 Å². The van der Waals surface area contributed by atoms with Gasteiger partial charge in [0.2, 0.25) is 0 Å². The number of thiazole rings is 1. The summed E-state index contributed by atoms with van der Waals surface area (Å²) < 4.78 is 6.17. The van der Waals surface area contributed by atoms with Gasteiger partial charge in [-0.05, 0) is 15.9 Å². The van der Waals surface area contributed by atoms with Crippen molar-refractivity contribution in [3.05, 3.63) is 15.0 Å². The van der Waals surface area contributed by atoms with Crippen molar-refractivity contribution < 1.29 is 4.74 Å². The van der Waals surface area contributed by atoms with E-state index in [0.29, 0.717) is 6.10 Å². The first-order valence-electron chi connectivity index (χ1n) is 3.06. The number of nitrogens with zero attached hydrogens (tertiary/aromatic N) is 1. The topological polar surface area (TPSA) is 25.4 Å². The number of epoxide rings is 1. The molecule has 4 heteroatoms. The normalized spacial score (nSPS) is 23.1. The van der Waals surface area contributed by atoms with Crippen LogP contribution in [-0.4, -0.2) is 17.7 Å². The Balaban J connectivity index is 2.03. The number of aromatic nitrogens is 1. The highest BCUT2D eigenvalue weighted by Gasteiger charge is 2.23. The summed E-state index contributed by atoms with van der Waals surface area (Å²) in [5.74, 6) is 0. The van der Waals surface area contributed by atoms with Gasteiger partial charge in [-0.1, -0.05) is 0 Å². The van der Waals surface area contributed by atoms with Crippen molar-refractivity contribution in [2.75, 3.05) is 6.61 Å². The molecule has 1 aliphatic heterocycles. The van der Waals surface area contributed by atoms with Crippen molar-refractivity contribution in [1.29, 1.82) is 0 Å². The number of hydrogen-bond acceptors (Lipinski definition) is 3. The monoisotopic (exact) mass is 219 g/mol. The second-order valence-corrected chi connectivity index (χ2v) is 4.71. The second-order valence-electron chi connectivity index (χ2n) is 2.22. The molecular weight excluding hydrogens is 214 g/mol. The smallest absolute Gasteiger partial charge is 0.0963 e. The molecule has 0 aromatic carbocycles. The Hall–Kier alpha value is 0.0700. The van der Waals surface area contributed by atoms with E-state index in [9.17, 15) is 0 Å². The highest BCUT2D eigenvalue weighted by Crippen LogP contribution is 2.23. The summed E-state index contributed by atoms with van der Waals surface area (Å²) in [6.45, 7) is 0.914. The van der Waals surface area contributed by atoms with E-state index in [0.717, 1.165) is 21.8 Å². The molecule has 0 spiro atoms. The maximum atomic E-state index is 5.07. The van der Waals surface area contributed by atoms with Crippen LogP contribution in [0.4, 0.5) is 0 Å². The average molecular weight is 220 g/mol. The highest BCUT2D eigenvalue weighted by atomic mass is 79.9. The number of rotatable bonds is 2. The van der Waals surface area contributed by atoms with Crippen LogP contribution in [0.1, 0.15) is 5.01 Å². The zero-order chi connectivity index (χ0) is 6.97. The van der Waals surface area contributed by atoms with Crippen LogP contribution >= 0.6 is 27.3 Å². The Bertz CT molecular complexity index is 233. The minimum absolute atomic E-state index is 0.457. The van der Waals surface area contributed by atoms with Gasteiger partial charge in [0.15, 0.2) is 0 Å². The Morgan fingerprint density at radius 1 is 1.90 bits per heavy atom. The molecule has 1 aliphatic rings. The van der Waals surface area contributed by atoms with E-state index in [2.05, 4.69) is 20.9 Å². The lowest BCUT2D eigenvalue weighted by Crippen LogP contribution is -1.90. The molecule has 2 nitrogen and oxygen atoms in total. The largest absolute Gasteiger partial charge is 0.373 e. The zero-order valence-electron chi connectivity index (χ0n) is 5.21. The summed E-state index contributed by atoms with van der Waals surface area (Å²) in [6.07, 6.45) is 3.27. The van der Waals surface area contributed by atoms with Crippen LogP contribution in [0, 0.1) is 0 Å². The molecule has 1 saturated heterocycles. The Morgan fingerprint density at radius 3 is 3.20 bits per heavy atom. The molecule has 2 rings (SSSR count). The van der Waals surface area contributed by atoms with Crippen molar-refractivity contribution >= 4 is 27.3 Å². The van der Waals surface area contributed by atoms with Crippen LogP contribution in [0.15, 0.2) is 9.98 Å². The fraction of sp³-hybridized carbons (Fsp3) is 0.500. The number of hydrogen-bond donors (Lipinski definition) is 0. The molecule has 1 unspecified atom stereocenters. The van der Waals surface area contributed by atoms with Gasteiger partial charge in [-0.15, -0.1) is 11.3 Å². The van der Waals surface area contributed by atoms with Crippen molar-refractivity contribution in [2.45, 2.75) is 12.5 Å². The molecule has 0 bridgehead atoms. The van der Waals surface area contributed by atoms with E-state index >= 15 is 0 Å². The first kappa shape index (κ1) is 6.76. The van der Waals surface area contributed by atoms with E-state index in [4.69, 9.17) is 4.74 Å². The van der Waals surface area contributed by atoms with Crippen LogP contribution in [0.25, 0.3) is 0 Å². The number of halogens is 1. The quantitative estimate of drug-likeness (QED) is 0.710. The standard InChI is InChI=1S/C6H6BrNOS/c7-5-2-8-6(10-5)1-4-3-9-4/h2,4H,1,3H2. The maximum absolute atomic E-state index is 5.07. The highest BCUT2D eigenvalue weighted by molar-refractivity contribution is 9.11. The van der Waals surface area contributed by atoms with Gasteiger partial charge < -0.3 is 4.74 Å². The molecular formula is C6H6BrNOS. The van der Waals surface area contributed by atoms with E-state index in [-0.39, 0.29) is 0 Å². The van der Waals surface area contributed by atoms with Gasteiger partial charge in [0.05, 0.1) is 27.7 Å². The number of ether oxygens (including phenoxy) is 1. The fourth-order valence-corrected chi connectivity index (χ4v) is 2.13.